The van der Waals surface area contributed by atoms with Gasteiger partial charge >= 0.3 is 0 Å². The van der Waals surface area contributed by atoms with Crippen LogP contribution in [0.15, 0.2) is 85.2 Å². The van der Waals surface area contributed by atoms with E-state index in [1.807, 2.05) is 6.08 Å². The van der Waals surface area contributed by atoms with Crippen LogP contribution in [0.5, 0.6) is 0 Å². The van der Waals surface area contributed by atoms with E-state index in [0.29, 0.717) is 25.0 Å². The third-order valence-electron chi connectivity index (χ3n) is 6.81. The van der Waals surface area contributed by atoms with Gasteiger partial charge in [-0.2, -0.15) is 0 Å². The number of aliphatic hydroxyl groups excluding tert-OH is 1. The first-order valence-corrected chi connectivity index (χ1v) is 13.5. The van der Waals surface area contributed by atoms with Crippen molar-refractivity contribution < 1.29 is 14.3 Å². The Kier molecular flexibility index (Phi) is 7.91. The average molecular weight is 449 g/mol. The molecule has 0 saturated heterocycles. The van der Waals surface area contributed by atoms with Crippen LogP contribution in [0.3, 0.4) is 0 Å². The van der Waals surface area contributed by atoms with Crippen molar-refractivity contribution >= 4 is 24.5 Å². The van der Waals surface area contributed by atoms with Crippen LogP contribution in [-0.4, -0.2) is 25.8 Å². The SMILES string of the molecule is C=CC[C@@H]1C(=O)/C(=C/O)CC[C@H]1CCO[Si](c1ccccc1)(c1ccccc1)C(C)(C)C. The molecule has 1 N–H and O–H groups in total. The maximum Gasteiger partial charge on any atom is 0.261 e. The summed E-state index contributed by atoms with van der Waals surface area (Å²) in [5, 5.41) is 11.9. The Morgan fingerprint density at radius 3 is 2.09 bits per heavy atom. The number of Topliss-reactive ketones (excluding diaryl/α,β-unsaturated/α-hetero) is 1. The van der Waals surface area contributed by atoms with E-state index in [2.05, 4.69) is 88.0 Å². The molecule has 0 heterocycles. The smallest absolute Gasteiger partial charge is 0.261 e. The van der Waals surface area contributed by atoms with Crippen LogP contribution in [0.2, 0.25) is 5.04 Å². The van der Waals surface area contributed by atoms with Gasteiger partial charge in [0.05, 0.1) is 6.26 Å². The average Bonchev–Trinajstić information content (AvgIpc) is 2.79. The highest BCUT2D eigenvalue weighted by Crippen LogP contribution is 2.39. The Hall–Kier alpha value is -2.43. The van der Waals surface area contributed by atoms with Crippen LogP contribution < -0.4 is 10.4 Å². The molecular formula is C28H36O3Si. The molecule has 1 fully saturated rings. The van der Waals surface area contributed by atoms with Crippen molar-refractivity contribution in [3.05, 3.63) is 85.2 Å². The molecule has 0 spiro atoms. The van der Waals surface area contributed by atoms with Crippen LogP contribution in [0, 0.1) is 11.8 Å². The molecule has 2 aromatic rings. The van der Waals surface area contributed by atoms with E-state index < -0.39 is 8.32 Å². The predicted octanol–water partition coefficient (Wildman–Crippen LogP) is 5.57. The van der Waals surface area contributed by atoms with E-state index in [9.17, 15) is 9.90 Å². The Morgan fingerprint density at radius 1 is 1.06 bits per heavy atom. The Morgan fingerprint density at radius 2 is 1.62 bits per heavy atom. The van der Waals surface area contributed by atoms with Crippen molar-refractivity contribution in [2.75, 3.05) is 6.61 Å². The van der Waals surface area contributed by atoms with E-state index in [4.69, 9.17) is 4.43 Å². The molecule has 4 heteroatoms. The van der Waals surface area contributed by atoms with Gasteiger partial charge < -0.3 is 9.53 Å². The fourth-order valence-electron chi connectivity index (χ4n) is 5.20. The molecule has 0 aromatic heterocycles. The minimum atomic E-state index is -2.57. The third-order valence-corrected chi connectivity index (χ3v) is 11.8. The standard InChI is InChI=1S/C28H36O3Si/c1-5-12-26-22(17-18-23(21-29)27(26)30)19-20-31-32(28(2,3)4,24-13-8-6-9-14-24)25-15-10-7-11-16-25/h5-11,13-16,21-22,26,29H,1,12,17-20H2,2-4H3/b23-21+/t22-,26-/m0/s1. The number of carbonyl (C=O) groups is 1. The number of rotatable bonds is 8. The second kappa shape index (κ2) is 10.5. The molecule has 0 aliphatic heterocycles. The van der Waals surface area contributed by atoms with Gasteiger partial charge in [0, 0.05) is 18.1 Å². The number of aliphatic hydroxyl groups is 1. The number of ketones is 1. The van der Waals surface area contributed by atoms with Crippen molar-refractivity contribution in [1.82, 2.24) is 0 Å². The molecule has 0 amide bonds. The minimum Gasteiger partial charge on any atom is -0.515 e. The number of benzene rings is 2. The summed E-state index contributed by atoms with van der Waals surface area (Å²) in [5.41, 5.74) is 0.543. The molecule has 0 bridgehead atoms. The summed E-state index contributed by atoms with van der Waals surface area (Å²) >= 11 is 0. The van der Waals surface area contributed by atoms with Crippen molar-refractivity contribution in [2.24, 2.45) is 11.8 Å². The molecular weight excluding hydrogens is 412 g/mol. The van der Waals surface area contributed by atoms with Gasteiger partial charge in [-0.25, -0.2) is 0 Å². The molecule has 0 unspecified atom stereocenters. The molecule has 2 aromatic carbocycles. The summed E-state index contributed by atoms with van der Waals surface area (Å²) in [7, 11) is -2.57. The highest BCUT2D eigenvalue weighted by atomic mass is 28.4. The lowest BCUT2D eigenvalue weighted by Crippen LogP contribution is -2.66. The first-order valence-electron chi connectivity index (χ1n) is 11.6. The maximum atomic E-state index is 12.8. The van der Waals surface area contributed by atoms with E-state index in [-0.39, 0.29) is 22.7 Å². The van der Waals surface area contributed by atoms with Crippen LogP contribution in [0.1, 0.15) is 46.5 Å². The predicted molar refractivity (Wildman–Crippen MR) is 135 cm³/mol. The van der Waals surface area contributed by atoms with E-state index in [1.165, 1.54) is 10.4 Å². The number of carbonyl (C=O) groups excluding carboxylic acids is 1. The number of allylic oxidation sites excluding steroid dienone is 2. The Balaban J connectivity index is 1.90. The van der Waals surface area contributed by atoms with Crippen molar-refractivity contribution in [2.45, 2.75) is 51.5 Å². The lowest BCUT2D eigenvalue weighted by Gasteiger charge is -2.43. The summed E-state index contributed by atoms with van der Waals surface area (Å²) in [5.74, 6) is 0.180. The number of hydrogen-bond donors (Lipinski definition) is 1. The van der Waals surface area contributed by atoms with E-state index in [0.717, 1.165) is 19.1 Å². The Labute approximate surface area is 194 Å². The summed E-state index contributed by atoms with van der Waals surface area (Å²) in [6.07, 6.45) is 5.80. The van der Waals surface area contributed by atoms with Crippen LogP contribution in [-0.2, 0) is 9.22 Å². The molecule has 3 rings (SSSR count). The van der Waals surface area contributed by atoms with Crippen molar-refractivity contribution in [3.63, 3.8) is 0 Å². The summed E-state index contributed by atoms with van der Waals surface area (Å²) < 4.78 is 7.02. The lowest BCUT2D eigenvalue weighted by molar-refractivity contribution is -0.122. The largest absolute Gasteiger partial charge is 0.515 e. The van der Waals surface area contributed by atoms with Gasteiger partial charge in [-0.3, -0.25) is 4.79 Å². The Bertz CT molecular complexity index is 889. The van der Waals surface area contributed by atoms with Gasteiger partial charge in [-0.15, -0.1) is 6.58 Å². The fraction of sp³-hybridized carbons (Fsp3) is 0.393. The van der Waals surface area contributed by atoms with Gasteiger partial charge in [0.2, 0.25) is 0 Å². The molecule has 0 radical (unpaired) electrons. The topological polar surface area (TPSA) is 46.5 Å². The molecule has 1 aliphatic carbocycles. The molecule has 1 aliphatic rings. The van der Waals surface area contributed by atoms with Gasteiger partial charge in [-0.05, 0) is 47.0 Å². The minimum absolute atomic E-state index is 0.0640. The zero-order chi connectivity index (χ0) is 23.2. The lowest BCUT2D eigenvalue weighted by atomic mass is 9.73. The normalized spacial score (nSPS) is 21.0. The maximum absolute atomic E-state index is 12.8. The van der Waals surface area contributed by atoms with Gasteiger partial charge in [-0.1, -0.05) is 87.5 Å². The molecule has 1 saturated carbocycles. The summed E-state index contributed by atoms with van der Waals surface area (Å²) in [4.78, 5) is 12.8. The summed E-state index contributed by atoms with van der Waals surface area (Å²) in [6.45, 7) is 11.3. The van der Waals surface area contributed by atoms with Gasteiger partial charge in [0.25, 0.3) is 8.32 Å². The van der Waals surface area contributed by atoms with Crippen molar-refractivity contribution in [1.29, 1.82) is 0 Å². The molecule has 170 valence electrons. The van der Waals surface area contributed by atoms with E-state index >= 15 is 0 Å². The summed E-state index contributed by atoms with van der Waals surface area (Å²) in [6, 6.07) is 21.3. The zero-order valence-electron chi connectivity index (χ0n) is 19.6. The van der Waals surface area contributed by atoms with Crippen LogP contribution in [0.4, 0.5) is 0 Å². The van der Waals surface area contributed by atoms with Crippen molar-refractivity contribution in [3.8, 4) is 0 Å². The molecule has 3 nitrogen and oxygen atoms in total. The third kappa shape index (κ3) is 4.82. The molecule has 2 atom stereocenters. The van der Waals surface area contributed by atoms with Gasteiger partial charge in [0.15, 0.2) is 5.78 Å². The first-order chi connectivity index (χ1) is 15.3. The van der Waals surface area contributed by atoms with Crippen LogP contribution >= 0.6 is 0 Å². The van der Waals surface area contributed by atoms with E-state index in [1.54, 1.807) is 0 Å². The second-order valence-electron chi connectivity index (χ2n) is 9.75. The number of hydrogen-bond acceptors (Lipinski definition) is 3. The fourth-order valence-corrected chi connectivity index (χ4v) is 9.77. The molecule has 32 heavy (non-hydrogen) atoms. The first kappa shape index (κ1) is 24.2. The second-order valence-corrected chi connectivity index (χ2v) is 14.1. The highest BCUT2D eigenvalue weighted by molar-refractivity contribution is 6.99. The monoisotopic (exact) mass is 448 g/mol. The highest BCUT2D eigenvalue weighted by Gasteiger charge is 2.50. The van der Waals surface area contributed by atoms with Gasteiger partial charge in [0.1, 0.15) is 0 Å². The zero-order valence-corrected chi connectivity index (χ0v) is 20.6. The quantitative estimate of drug-likeness (QED) is 0.249. The van der Waals surface area contributed by atoms with Crippen LogP contribution in [0.25, 0.3) is 0 Å².